The summed E-state index contributed by atoms with van der Waals surface area (Å²) in [6.07, 6.45) is -0.868. The van der Waals surface area contributed by atoms with Crippen LogP contribution in [-0.2, 0) is 9.09 Å². The molecular weight excluding hydrogens is 253 g/mol. The zero-order valence-corrected chi connectivity index (χ0v) is 11.2. The summed E-state index contributed by atoms with van der Waals surface area (Å²) in [6, 6.07) is 0. The van der Waals surface area contributed by atoms with E-state index in [1.165, 1.54) is 0 Å². The van der Waals surface area contributed by atoms with Crippen LogP contribution in [0.25, 0.3) is 0 Å². The van der Waals surface area contributed by atoms with Gasteiger partial charge in [0, 0.05) is 0 Å². The lowest BCUT2D eigenvalue weighted by Gasteiger charge is -2.26. The van der Waals surface area contributed by atoms with Gasteiger partial charge in [-0.05, 0) is 0 Å². The Morgan fingerprint density at radius 2 is 1.59 bits per heavy atom. The number of aliphatic hydroxyl groups excluding tert-OH is 3. The molecule has 0 aromatic carbocycles. The lowest BCUT2D eigenvalue weighted by molar-refractivity contribution is -0.873. The maximum Gasteiger partial charge on any atom is 0.469 e. The Balaban J connectivity index is 0. The monoisotopic (exact) mass is 276 g/mol. The Labute approximate surface area is 101 Å². The molecule has 17 heavy (non-hydrogen) atoms. The number of quaternary nitrogens is 1. The minimum absolute atomic E-state index is 0.125. The Morgan fingerprint density at radius 1 is 1.18 bits per heavy atom. The summed E-state index contributed by atoms with van der Waals surface area (Å²) < 4.78 is 14.9. The molecular formula is C8H23NO7P+. The Kier molecular flexibility index (Phi) is 10.2. The third-order valence-electron chi connectivity index (χ3n) is 1.29. The molecule has 0 aliphatic rings. The molecule has 0 aliphatic carbocycles. The zero-order chi connectivity index (χ0) is 14.1. The number of rotatable bonds is 6. The van der Waals surface area contributed by atoms with Crippen molar-refractivity contribution in [2.45, 2.75) is 6.10 Å². The van der Waals surface area contributed by atoms with Gasteiger partial charge >= 0.3 is 7.82 Å². The van der Waals surface area contributed by atoms with Crippen LogP contribution in [0, 0.1) is 0 Å². The summed E-state index contributed by atoms with van der Waals surface area (Å²) in [6.45, 7) is -0.222. The predicted octanol–water partition coefficient (Wildman–Crippen LogP) is -1.87. The minimum atomic E-state index is -4.45. The molecule has 0 saturated carbocycles. The third-order valence-corrected chi connectivity index (χ3v) is 1.78. The van der Waals surface area contributed by atoms with E-state index in [9.17, 15) is 9.67 Å². The lowest BCUT2D eigenvalue weighted by Crippen LogP contribution is -2.42. The van der Waals surface area contributed by atoms with E-state index in [1.54, 1.807) is 0 Å². The van der Waals surface area contributed by atoms with Gasteiger partial charge in [-0.3, -0.25) is 4.52 Å². The van der Waals surface area contributed by atoms with Crippen LogP contribution in [0.3, 0.4) is 0 Å². The van der Waals surface area contributed by atoms with E-state index in [2.05, 4.69) is 4.52 Å². The number of hydrogen-bond acceptors (Lipinski definition) is 5. The van der Waals surface area contributed by atoms with Gasteiger partial charge in [0.05, 0.1) is 41.0 Å². The van der Waals surface area contributed by atoms with Crippen molar-refractivity contribution in [2.75, 3.05) is 47.5 Å². The van der Waals surface area contributed by atoms with Gasteiger partial charge in [0.15, 0.2) is 0 Å². The first-order valence-corrected chi connectivity index (χ1v) is 6.45. The highest BCUT2D eigenvalue weighted by atomic mass is 31.2. The average molecular weight is 276 g/mol. The molecule has 0 aliphatic heterocycles. The molecule has 9 heteroatoms. The topological polar surface area (TPSA) is 127 Å². The minimum Gasteiger partial charge on any atom is -0.394 e. The van der Waals surface area contributed by atoms with Crippen molar-refractivity contribution >= 4 is 7.82 Å². The number of aliphatic hydroxyl groups is 3. The smallest absolute Gasteiger partial charge is 0.394 e. The zero-order valence-electron chi connectivity index (χ0n) is 10.4. The van der Waals surface area contributed by atoms with Crippen LogP contribution in [-0.4, -0.2) is 83.2 Å². The molecule has 0 rings (SSSR count). The van der Waals surface area contributed by atoms with E-state index in [0.29, 0.717) is 11.0 Å². The fourth-order valence-corrected chi connectivity index (χ4v) is 1.23. The maximum atomic E-state index is 10.3. The first-order chi connectivity index (χ1) is 7.52. The maximum absolute atomic E-state index is 10.3. The molecule has 0 fully saturated rings. The first-order valence-electron chi connectivity index (χ1n) is 4.92. The molecule has 1 atom stereocenters. The van der Waals surface area contributed by atoms with Crippen molar-refractivity contribution in [2.24, 2.45) is 0 Å². The van der Waals surface area contributed by atoms with Gasteiger partial charge in [-0.2, -0.15) is 0 Å². The Morgan fingerprint density at radius 3 is 1.82 bits per heavy atom. The SMILES string of the molecule is C[N+](C)(C)CC(O)COP(=O)(O)O.OCCO. The van der Waals surface area contributed by atoms with Crippen molar-refractivity contribution in [3.05, 3.63) is 0 Å². The lowest BCUT2D eigenvalue weighted by atomic mass is 10.3. The molecule has 106 valence electrons. The van der Waals surface area contributed by atoms with Crippen molar-refractivity contribution in [1.82, 2.24) is 0 Å². The Bertz CT molecular complexity index is 222. The molecule has 0 aromatic rings. The fraction of sp³-hybridized carbons (Fsp3) is 1.00. The van der Waals surface area contributed by atoms with Gasteiger partial charge in [-0.1, -0.05) is 0 Å². The van der Waals surface area contributed by atoms with E-state index in [-0.39, 0.29) is 19.8 Å². The second-order valence-electron chi connectivity index (χ2n) is 4.36. The molecule has 8 nitrogen and oxygen atoms in total. The van der Waals surface area contributed by atoms with Crippen molar-refractivity contribution in [3.8, 4) is 0 Å². The van der Waals surface area contributed by atoms with E-state index >= 15 is 0 Å². The van der Waals surface area contributed by atoms with Gasteiger partial charge in [-0.25, -0.2) is 4.57 Å². The van der Waals surface area contributed by atoms with Crippen molar-refractivity contribution in [1.29, 1.82) is 0 Å². The molecule has 0 radical (unpaired) electrons. The molecule has 0 aromatic heterocycles. The summed E-state index contributed by atoms with van der Waals surface area (Å²) in [4.78, 5) is 16.7. The second-order valence-corrected chi connectivity index (χ2v) is 5.60. The Hall–Kier alpha value is -0.0500. The molecule has 0 spiro atoms. The average Bonchev–Trinajstić information content (AvgIpc) is 2.11. The summed E-state index contributed by atoms with van der Waals surface area (Å²) in [5, 5.41) is 24.5. The molecule has 0 amide bonds. The number of likely N-dealkylation sites (N-methyl/N-ethyl adjacent to an activating group) is 1. The van der Waals surface area contributed by atoms with Gasteiger partial charge in [0.25, 0.3) is 0 Å². The van der Waals surface area contributed by atoms with E-state index in [0.717, 1.165) is 0 Å². The molecule has 0 heterocycles. The summed E-state index contributed by atoms with van der Waals surface area (Å²) in [5.74, 6) is 0. The number of phosphoric acid groups is 1. The van der Waals surface area contributed by atoms with Crippen LogP contribution in [0.15, 0.2) is 0 Å². The summed E-state index contributed by atoms with van der Waals surface area (Å²) >= 11 is 0. The molecule has 0 bridgehead atoms. The molecule has 5 N–H and O–H groups in total. The first kappa shape index (κ1) is 19.3. The molecule has 0 saturated heterocycles. The standard InChI is InChI=1S/C6H16NO5P.C2H6O2/c1-7(2,3)4-6(8)5-12-13(9,10)11;3-1-2-4/h6,8H,4-5H2,1-3H3,(H-,9,10,11);3-4H,1-2H2/p+1. The summed E-state index contributed by atoms with van der Waals surface area (Å²) in [5.41, 5.74) is 0. The highest BCUT2D eigenvalue weighted by molar-refractivity contribution is 7.46. The highest BCUT2D eigenvalue weighted by Crippen LogP contribution is 2.35. The predicted molar refractivity (Wildman–Crippen MR) is 61.1 cm³/mol. The van der Waals surface area contributed by atoms with Crippen LogP contribution in [0.4, 0.5) is 0 Å². The quantitative estimate of drug-likeness (QED) is 0.284. The second kappa shape index (κ2) is 8.96. The number of phosphoric ester groups is 1. The fourth-order valence-electron chi connectivity index (χ4n) is 0.868. The largest absolute Gasteiger partial charge is 0.469 e. The van der Waals surface area contributed by atoms with Crippen LogP contribution < -0.4 is 0 Å². The van der Waals surface area contributed by atoms with E-state index in [4.69, 9.17) is 20.0 Å². The highest BCUT2D eigenvalue weighted by Gasteiger charge is 2.20. The number of nitrogens with zero attached hydrogens (tertiary/aromatic N) is 1. The van der Waals surface area contributed by atoms with Crippen molar-refractivity contribution in [3.63, 3.8) is 0 Å². The molecule has 1 unspecified atom stereocenters. The van der Waals surface area contributed by atoms with Crippen LogP contribution >= 0.6 is 7.82 Å². The normalized spacial score (nSPS) is 13.9. The number of hydrogen-bond donors (Lipinski definition) is 5. The summed E-state index contributed by atoms with van der Waals surface area (Å²) in [7, 11) is 1.13. The van der Waals surface area contributed by atoms with Gasteiger partial charge in [0.2, 0.25) is 0 Å². The van der Waals surface area contributed by atoms with E-state index in [1.807, 2.05) is 21.1 Å². The van der Waals surface area contributed by atoms with Crippen LogP contribution in [0.2, 0.25) is 0 Å². The van der Waals surface area contributed by atoms with Crippen molar-refractivity contribution < 1.29 is 38.7 Å². The third kappa shape index (κ3) is 21.7. The van der Waals surface area contributed by atoms with Gasteiger partial charge in [-0.15, -0.1) is 0 Å². The van der Waals surface area contributed by atoms with E-state index < -0.39 is 13.9 Å². The van der Waals surface area contributed by atoms with Crippen LogP contribution in [0.5, 0.6) is 0 Å². The van der Waals surface area contributed by atoms with Gasteiger partial charge < -0.3 is 29.6 Å². The van der Waals surface area contributed by atoms with Gasteiger partial charge in [0.1, 0.15) is 12.6 Å². The van der Waals surface area contributed by atoms with Crippen LogP contribution in [0.1, 0.15) is 0 Å².